The van der Waals surface area contributed by atoms with Crippen LogP contribution in [-0.2, 0) is 9.57 Å². The number of halogens is 2. The Kier molecular flexibility index (Phi) is 8.22. The molecule has 1 aromatic carbocycles. The Labute approximate surface area is 134 Å². The molecule has 0 N–H and O–H groups in total. The van der Waals surface area contributed by atoms with Gasteiger partial charge in [0, 0.05) is 5.92 Å². The highest BCUT2D eigenvalue weighted by molar-refractivity contribution is 6.66. The molecule has 1 atom stereocenters. The molecule has 1 aromatic rings. The van der Waals surface area contributed by atoms with Crippen LogP contribution in [0.4, 0.5) is 9.18 Å². The van der Waals surface area contributed by atoms with Gasteiger partial charge in [-0.3, -0.25) is 4.84 Å². The predicted octanol–water partition coefficient (Wildman–Crippen LogP) is 4.99. The third-order valence-corrected chi connectivity index (χ3v) is 3.26. The minimum absolute atomic E-state index is 0.115. The molecule has 6 heteroatoms. The number of benzene rings is 1. The van der Waals surface area contributed by atoms with Crippen LogP contribution in [0.15, 0.2) is 42.1 Å². The van der Waals surface area contributed by atoms with E-state index in [9.17, 15) is 9.18 Å². The maximum Gasteiger partial charge on any atom is 0.535 e. The lowest BCUT2D eigenvalue weighted by atomic mass is 9.94. The summed E-state index contributed by atoms with van der Waals surface area (Å²) in [7, 11) is 0. The summed E-state index contributed by atoms with van der Waals surface area (Å²) in [6.45, 7) is 5.51. The van der Waals surface area contributed by atoms with Gasteiger partial charge in [-0.15, -0.1) is 6.58 Å². The van der Waals surface area contributed by atoms with Crippen LogP contribution in [0, 0.1) is 5.82 Å². The standard InChI is InChI=1S/C16H19ClFNO3/c1-3-5-6-7-14(12-8-10-13(18)11-9-12)15(17)19-22-16(20)21-4-2/h3,8-11,14H,1,4-7H2,2H3/b19-15-. The van der Waals surface area contributed by atoms with Crippen molar-refractivity contribution in [3.05, 3.63) is 48.3 Å². The number of oxime groups is 1. The van der Waals surface area contributed by atoms with E-state index in [1.165, 1.54) is 12.1 Å². The number of ether oxygens (including phenoxy) is 1. The lowest BCUT2D eigenvalue weighted by Gasteiger charge is -2.15. The van der Waals surface area contributed by atoms with Gasteiger partial charge in [0.2, 0.25) is 0 Å². The zero-order valence-electron chi connectivity index (χ0n) is 12.4. The van der Waals surface area contributed by atoms with Crippen molar-refractivity contribution in [2.75, 3.05) is 6.61 Å². The average Bonchev–Trinajstić information content (AvgIpc) is 2.51. The van der Waals surface area contributed by atoms with Crippen molar-refractivity contribution < 1.29 is 18.8 Å². The third-order valence-electron chi connectivity index (χ3n) is 2.93. The molecular formula is C16H19ClFNO3. The van der Waals surface area contributed by atoms with E-state index >= 15 is 0 Å². The normalized spacial score (nSPS) is 12.6. The number of unbranched alkanes of at least 4 members (excludes halogenated alkanes) is 1. The highest BCUT2D eigenvalue weighted by Crippen LogP contribution is 2.26. The zero-order chi connectivity index (χ0) is 16.4. The first kappa shape index (κ1) is 18.2. The Bertz CT molecular complexity index is 517. The summed E-state index contributed by atoms with van der Waals surface area (Å²) in [5.41, 5.74) is 0.798. The summed E-state index contributed by atoms with van der Waals surface area (Å²) in [5.74, 6) is -0.610. The molecule has 0 saturated carbocycles. The first-order valence-corrected chi connectivity index (χ1v) is 7.39. The van der Waals surface area contributed by atoms with Crippen molar-refractivity contribution in [1.82, 2.24) is 0 Å². The van der Waals surface area contributed by atoms with Crippen LogP contribution in [-0.4, -0.2) is 17.9 Å². The van der Waals surface area contributed by atoms with Crippen LogP contribution in [0.5, 0.6) is 0 Å². The highest BCUT2D eigenvalue weighted by atomic mass is 35.5. The minimum Gasteiger partial charge on any atom is -0.433 e. The van der Waals surface area contributed by atoms with E-state index in [0.29, 0.717) is 6.42 Å². The Hall–Kier alpha value is -1.88. The van der Waals surface area contributed by atoms with Crippen LogP contribution >= 0.6 is 11.6 Å². The van der Waals surface area contributed by atoms with Gasteiger partial charge in [0.15, 0.2) is 5.17 Å². The van der Waals surface area contributed by atoms with Crippen molar-refractivity contribution in [2.24, 2.45) is 5.16 Å². The fraction of sp³-hybridized carbons (Fsp3) is 0.375. The molecule has 0 fully saturated rings. The number of hydrogen-bond donors (Lipinski definition) is 0. The first-order chi connectivity index (χ1) is 10.6. The summed E-state index contributed by atoms with van der Waals surface area (Å²) >= 11 is 6.14. The van der Waals surface area contributed by atoms with E-state index in [1.54, 1.807) is 19.1 Å². The average molecular weight is 328 g/mol. The molecule has 0 amide bonds. The molecular weight excluding hydrogens is 309 g/mol. The van der Waals surface area contributed by atoms with Crippen molar-refractivity contribution >= 4 is 22.9 Å². The molecule has 1 rings (SSSR count). The Morgan fingerprint density at radius 3 is 2.73 bits per heavy atom. The van der Waals surface area contributed by atoms with Gasteiger partial charge in [0.25, 0.3) is 0 Å². The highest BCUT2D eigenvalue weighted by Gasteiger charge is 2.18. The first-order valence-electron chi connectivity index (χ1n) is 7.02. The van der Waals surface area contributed by atoms with Crippen LogP contribution in [0.25, 0.3) is 0 Å². The second kappa shape index (κ2) is 9.95. The fourth-order valence-electron chi connectivity index (χ4n) is 1.87. The lowest BCUT2D eigenvalue weighted by Crippen LogP contribution is -2.10. The number of hydrogen-bond acceptors (Lipinski definition) is 4. The van der Waals surface area contributed by atoms with Crippen molar-refractivity contribution in [2.45, 2.75) is 32.1 Å². The maximum absolute atomic E-state index is 13.0. The quantitative estimate of drug-likeness (QED) is 0.169. The third kappa shape index (κ3) is 6.26. The monoisotopic (exact) mass is 327 g/mol. The summed E-state index contributed by atoms with van der Waals surface area (Å²) in [4.78, 5) is 15.7. The Morgan fingerprint density at radius 2 is 2.14 bits per heavy atom. The molecule has 0 bridgehead atoms. The molecule has 0 radical (unpaired) electrons. The number of rotatable bonds is 8. The summed E-state index contributed by atoms with van der Waals surface area (Å²) < 4.78 is 17.6. The second-order valence-corrected chi connectivity index (χ2v) is 4.90. The molecule has 0 aliphatic rings. The van der Waals surface area contributed by atoms with Crippen molar-refractivity contribution in [3.8, 4) is 0 Å². The lowest BCUT2D eigenvalue weighted by molar-refractivity contribution is 0.0613. The van der Waals surface area contributed by atoms with Gasteiger partial charge in [-0.25, -0.2) is 9.18 Å². The van der Waals surface area contributed by atoms with Crippen LogP contribution in [0.2, 0.25) is 0 Å². The van der Waals surface area contributed by atoms with Gasteiger partial charge in [0.05, 0.1) is 6.61 Å². The smallest absolute Gasteiger partial charge is 0.433 e. The molecule has 0 aliphatic heterocycles. The maximum atomic E-state index is 13.0. The second-order valence-electron chi connectivity index (χ2n) is 4.51. The van der Waals surface area contributed by atoms with E-state index in [-0.39, 0.29) is 23.5 Å². The van der Waals surface area contributed by atoms with Gasteiger partial charge in [-0.1, -0.05) is 35.0 Å². The molecule has 0 saturated heterocycles. The van der Waals surface area contributed by atoms with Gasteiger partial charge in [0.1, 0.15) is 5.82 Å². The van der Waals surface area contributed by atoms with E-state index in [2.05, 4.69) is 21.3 Å². The van der Waals surface area contributed by atoms with Gasteiger partial charge in [-0.05, 0) is 43.9 Å². The number of nitrogens with zero attached hydrogens (tertiary/aromatic N) is 1. The largest absolute Gasteiger partial charge is 0.535 e. The van der Waals surface area contributed by atoms with E-state index < -0.39 is 6.16 Å². The van der Waals surface area contributed by atoms with Gasteiger partial charge in [-0.2, -0.15) is 0 Å². The molecule has 0 aliphatic carbocycles. The summed E-state index contributed by atoms with van der Waals surface area (Å²) in [6, 6.07) is 5.98. The molecule has 0 spiro atoms. The van der Waals surface area contributed by atoms with E-state index in [1.807, 2.05) is 6.08 Å². The van der Waals surface area contributed by atoms with Crippen molar-refractivity contribution in [3.63, 3.8) is 0 Å². The number of allylic oxidation sites excluding steroid dienone is 1. The Morgan fingerprint density at radius 1 is 1.45 bits per heavy atom. The van der Waals surface area contributed by atoms with Crippen LogP contribution < -0.4 is 0 Å². The van der Waals surface area contributed by atoms with Crippen LogP contribution in [0.1, 0.15) is 37.7 Å². The zero-order valence-corrected chi connectivity index (χ0v) is 13.2. The van der Waals surface area contributed by atoms with Gasteiger partial charge < -0.3 is 4.74 Å². The molecule has 1 unspecified atom stereocenters. The molecule has 4 nitrogen and oxygen atoms in total. The topological polar surface area (TPSA) is 47.9 Å². The van der Waals surface area contributed by atoms with E-state index in [4.69, 9.17) is 11.6 Å². The SMILES string of the molecule is C=CCCCC(/C(Cl)=N/OC(=O)OCC)c1ccc(F)cc1. The number of carbonyl (C=O) groups is 1. The summed E-state index contributed by atoms with van der Waals surface area (Å²) in [6.07, 6.45) is 3.22. The summed E-state index contributed by atoms with van der Waals surface area (Å²) in [5, 5.41) is 3.72. The predicted molar refractivity (Wildman–Crippen MR) is 84.6 cm³/mol. The Balaban J connectivity index is 2.83. The number of carbonyl (C=O) groups excluding carboxylic acids is 1. The molecule has 22 heavy (non-hydrogen) atoms. The van der Waals surface area contributed by atoms with Crippen molar-refractivity contribution in [1.29, 1.82) is 0 Å². The molecule has 0 heterocycles. The molecule has 0 aromatic heterocycles. The molecule has 120 valence electrons. The van der Waals surface area contributed by atoms with Gasteiger partial charge >= 0.3 is 6.16 Å². The van der Waals surface area contributed by atoms with Crippen LogP contribution in [0.3, 0.4) is 0 Å². The van der Waals surface area contributed by atoms with E-state index in [0.717, 1.165) is 18.4 Å². The fourth-order valence-corrected chi connectivity index (χ4v) is 2.14. The minimum atomic E-state index is -0.912.